The van der Waals surface area contributed by atoms with Crippen molar-refractivity contribution in [3.8, 4) is 0 Å². The SMILES string of the molecule is CC(C)CC(C)(O)C(=O)OC(C)(C)C. The molecule has 0 saturated carbocycles. The third kappa shape index (κ3) is 5.22. The van der Waals surface area contributed by atoms with Gasteiger partial charge >= 0.3 is 5.97 Å². The van der Waals surface area contributed by atoms with Crippen LogP contribution in [0.25, 0.3) is 0 Å². The molecule has 0 aliphatic carbocycles. The summed E-state index contributed by atoms with van der Waals surface area (Å²) in [5.74, 6) is -0.281. The highest BCUT2D eigenvalue weighted by molar-refractivity contribution is 5.79. The van der Waals surface area contributed by atoms with Gasteiger partial charge in [0, 0.05) is 0 Å². The molecule has 0 aliphatic rings. The van der Waals surface area contributed by atoms with Crippen molar-refractivity contribution in [3.05, 3.63) is 0 Å². The van der Waals surface area contributed by atoms with Crippen molar-refractivity contribution in [2.24, 2.45) is 5.92 Å². The van der Waals surface area contributed by atoms with E-state index in [1.807, 2.05) is 13.8 Å². The number of ether oxygens (including phenoxy) is 1. The van der Waals surface area contributed by atoms with Crippen LogP contribution in [0.15, 0.2) is 0 Å². The first-order chi connectivity index (χ1) is 6.04. The predicted molar refractivity (Wildman–Crippen MR) is 55.9 cm³/mol. The van der Waals surface area contributed by atoms with Gasteiger partial charge in [0.15, 0.2) is 5.60 Å². The van der Waals surface area contributed by atoms with E-state index in [0.717, 1.165) is 0 Å². The van der Waals surface area contributed by atoms with E-state index in [0.29, 0.717) is 6.42 Å². The molecule has 0 fully saturated rings. The minimum atomic E-state index is -1.37. The fraction of sp³-hybridized carbons (Fsp3) is 0.909. The highest BCUT2D eigenvalue weighted by Crippen LogP contribution is 2.20. The Kier molecular flexibility index (Phi) is 4.13. The van der Waals surface area contributed by atoms with Gasteiger partial charge in [-0.05, 0) is 40.0 Å². The summed E-state index contributed by atoms with van der Waals surface area (Å²) in [4.78, 5) is 11.5. The summed E-state index contributed by atoms with van der Waals surface area (Å²) >= 11 is 0. The highest BCUT2D eigenvalue weighted by atomic mass is 16.6. The second kappa shape index (κ2) is 4.30. The van der Waals surface area contributed by atoms with Crippen molar-refractivity contribution in [2.45, 2.75) is 59.2 Å². The van der Waals surface area contributed by atoms with Gasteiger partial charge in [-0.25, -0.2) is 4.79 Å². The van der Waals surface area contributed by atoms with E-state index < -0.39 is 17.2 Å². The summed E-state index contributed by atoms with van der Waals surface area (Å²) < 4.78 is 5.11. The van der Waals surface area contributed by atoms with E-state index in [1.54, 1.807) is 20.8 Å². The van der Waals surface area contributed by atoms with Gasteiger partial charge in [0.2, 0.25) is 0 Å². The molecule has 1 atom stereocenters. The Morgan fingerprint density at radius 1 is 1.29 bits per heavy atom. The molecule has 14 heavy (non-hydrogen) atoms. The Hall–Kier alpha value is -0.570. The molecular formula is C11H22O3. The quantitative estimate of drug-likeness (QED) is 0.713. The molecule has 84 valence electrons. The zero-order valence-electron chi connectivity index (χ0n) is 10.0. The predicted octanol–water partition coefficient (Wildman–Crippen LogP) is 2.13. The van der Waals surface area contributed by atoms with Crippen LogP contribution < -0.4 is 0 Å². The monoisotopic (exact) mass is 202 g/mol. The maximum Gasteiger partial charge on any atom is 0.338 e. The summed E-state index contributed by atoms with van der Waals surface area (Å²) in [5, 5.41) is 9.84. The molecule has 0 heterocycles. The number of aliphatic hydroxyl groups is 1. The summed E-state index contributed by atoms with van der Waals surface area (Å²) in [5.41, 5.74) is -1.92. The topological polar surface area (TPSA) is 46.5 Å². The summed E-state index contributed by atoms with van der Waals surface area (Å²) in [7, 11) is 0. The zero-order chi connectivity index (χ0) is 11.6. The van der Waals surface area contributed by atoms with E-state index in [-0.39, 0.29) is 5.92 Å². The zero-order valence-corrected chi connectivity index (χ0v) is 10.0. The van der Waals surface area contributed by atoms with E-state index in [2.05, 4.69) is 0 Å². The van der Waals surface area contributed by atoms with Crippen LogP contribution in [0.2, 0.25) is 0 Å². The molecule has 1 unspecified atom stereocenters. The van der Waals surface area contributed by atoms with E-state index in [9.17, 15) is 9.90 Å². The molecule has 0 radical (unpaired) electrons. The van der Waals surface area contributed by atoms with Crippen LogP contribution in [0.4, 0.5) is 0 Å². The molecule has 0 spiro atoms. The number of hydrogen-bond acceptors (Lipinski definition) is 3. The largest absolute Gasteiger partial charge is 0.458 e. The van der Waals surface area contributed by atoms with Crippen molar-refractivity contribution >= 4 is 5.97 Å². The number of hydrogen-bond donors (Lipinski definition) is 1. The smallest absolute Gasteiger partial charge is 0.338 e. The van der Waals surface area contributed by atoms with Gasteiger partial charge in [0.05, 0.1) is 0 Å². The lowest BCUT2D eigenvalue weighted by atomic mass is 9.94. The van der Waals surface area contributed by atoms with Crippen LogP contribution in [0.1, 0.15) is 48.0 Å². The summed E-state index contributed by atoms with van der Waals surface area (Å²) in [6.07, 6.45) is 0.419. The fourth-order valence-electron chi connectivity index (χ4n) is 1.27. The lowest BCUT2D eigenvalue weighted by molar-refractivity contribution is -0.176. The minimum Gasteiger partial charge on any atom is -0.458 e. The van der Waals surface area contributed by atoms with Gasteiger partial charge in [0.25, 0.3) is 0 Å². The van der Waals surface area contributed by atoms with Crippen molar-refractivity contribution < 1.29 is 14.6 Å². The standard InChI is InChI=1S/C11H22O3/c1-8(2)7-11(6,13)9(12)14-10(3,4)5/h8,13H,7H2,1-6H3. The molecule has 0 aromatic carbocycles. The molecule has 0 bridgehead atoms. The molecule has 1 N–H and O–H groups in total. The van der Waals surface area contributed by atoms with E-state index in [4.69, 9.17) is 4.74 Å². The van der Waals surface area contributed by atoms with Gasteiger partial charge in [0.1, 0.15) is 5.60 Å². The van der Waals surface area contributed by atoms with Gasteiger partial charge in [-0.2, -0.15) is 0 Å². The second-order valence-corrected chi connectivity index (χ2v) is 5.37. The van der Waals surface area contributed by atoms with Gasteiger partial charge in [-0.3, -0.25) is 0 Å². The van der Waals surface area contributed by atoms with E-state index >= 15 is 0 Å². The first kappa shape index (κ1) is 13.4. The normalized spacial score (nSPS) is 16.6. The fourth-order valence-corrected chi connectivity index (χ4v) is 1.27. The van der Waals surface area contributed by atoms with Crippen LogP contribution in [0, 0.1) is 5.92 Å². The molecular weight excluding hydrogens is 180 g/mol. The lowest BCUT2D eigenvalue weighted by Gasteiger charge is -2.28. The van der Waals surface area contributed by atoms with Crippen LogP contribution >= 0.6 is 0 Å². The van der Waals surface area contributed by atoms with Crippen molar-refractivity contribution in [2.75, 3.05) is 0 Å². The van der Waals surface area contributed by atoms with Crippen molar-refractivity contribution in [1.29, 1.82) is 0 Å². The van der Waals surface area contributed by atoms with E-state index in [1.165, 1.54) is 6.92 Å². The molecule has 0 saturated heterocycles. The molecule has 0 aliphatic heterocycles. The number of carbonyl (C=O) groups is 1. The Bertz CT molecular complexity index is 199. The maximum absolute atomic E-state index is 11.5. The van der Waals surface area contributed by atoms with Gasteiger partial charge < -0.3 is 9.84 Å². The number of rotatable bonds is 3. The third-order valence-corrected chi connectivity index (χ3v) is 1.64. The molecule has 0 amide bonds. The molecule has 0 aromatic heterocycles. The number of carbonyl (C=O) groups excluding carboxylic acids is 1. The van der Waals surface area contributed by atoms with Crippen LogP contribution in [0.5, 0.6) is 0 Å². The Morgan fingerprint density at radius 2 is 1.71 bits per heavy atom. The first-order valence-electron chi connectivity index (χ1n) is 5.00. The number of esters is 1. The average Bonchev–Trinajstić information content (AvgIpc) is 1.79. The Labute approximate surface area is 86.5 Å². The van der Waals surface area contributed by atoms with Crippen LogP contribution in [-0.4, -0.2) is 22.3 Å². The maximum atomic E-state index is 11.5. The van der Waals surface area contributed by atoms with Crippen LogP contribution in [0.3, 0.4) is 0 Å². The molecule has 3 nitrogen and oxygen atoms in total. The molecule has 0 rings (SSSR count). The van der Waals surface area contributed by atoms with Crippen molar-refractivity contribution in [1.82, 2.24) is 0 Å². The minimum absolute atomic E-state index is 0.262. The Morgan fingerprint density at radius 3 is 2.00 bits per heavy atom. The average molecular weight is 202 g/mol. The van der Waals surface area contributed by atoms with Gasteiger partial charge in [-0.15, -0.1) is 0 Å². The molecule has 3 heteroatoms. The lowest BCUT2D eigenvalue weighted by Crippen LogP contribution is -2.41. The third-order valence-electron chi connectivity index (χ3n) is 1.64. The first-order valence-corrected chi connectivity index (χ1v) is 5.00. The van der Waals surface area contributed by atoms with Crippen molar-refractivity contribution in [3.63, 3.8) is 0 Å². The van der Waals surface area contributed by atoms with Crippen LogP contribution in [-0.2, 0) is 9.53 Å². The van der Waals surface area contributed by atoms with Gasteiger partial charge in [-0.1, -0.05) is 13.8 Å². The second-order valence-electron chi connectivity index (χ2n) is 5.37. The summed E-state index contributed by atoms with van der Waals surface area (Å²) in [6.45, 7) is 10.8. The molecule has 0 aromatic rings. The summed E-state index contributed by atoms with van der Waals surface area (Å²) in [6, 6.07) is 0. The highest BCUT2D eigenvalue weighted by Gasteiger charge is 2.35. The Balaban J connectivity index is 4.36.